The summed E-state index contributed by atoms with van der Waals surface area (Å²) in [6.07, 6.45) is 6.11. The number of ether oxygens (including phenoxy) is 1. The van der Waals surface area contributed by atoms with Crippen molar-refractivity contribution in [3.8, 4) is 0 Å². The molecule has 3 nitrogen and oxygen atoms in total. The van der Waals surface area contributed by atoms with Gasteiger partial charge in [0.1, 0.15) is 0 Å². The molecular weight excluding hydrogens is 240 g/mol. The topological polar surface area (TPSA) is 49.7 Å². The molecule has 2 bridgehead atoms. The highest BCUT2D eigenvalue weighted by molar-refractivity contribution is 5.15. The van der Waals surface area contributed by atoms with Crippen LogP contribution in [0, 0.1) is 17.8 Å². The Bertz CT molecular complexity index is 387. The van der Waals surface area contributed by atoms with Crippen molar-refractivity contribution in [3.05, 3.63) is 23.8 Å². The quantitative estimate of drug-likeness (QED) is 0.658. The molecule has 0 radical (unpaired) electrons. The van der Waals surface area contributed by atoms with E-state index in [1.807, 2.05) is 0 Å². The lowest BCUT2D eigenvalue weighted by Gasteiger charge is -2.41. The molecule has 2 fully saturated rings. The Kier molecular flexibility index (Phi) is 3.79. The van der Waals surface area contributed by atoms with Gasteiger partial charge in [-0.25, -0.2) is 0 Å². The van der Waals surface area contributed by atoms with Crippen LogP contribution < -0.4 is 0 Å². The largest absolute Gasteiger partial charge is 0.393 e. The average molecular weight is 264 g/mol. The summed E-state index contributed by atoms with van der Waals surface area (Å²) in [5.41, 5.74) is 2.42. The van der Waals surface area contributed by atoms with E-state index in [4.69, 9.17) is 4.74 Å². The molecule has 1 heterocycles. The van der Waals surface area contributed by atoms with Crippen LogP contribution in [-0.4, -0.2) is 35.6 Å². The number of hydrogen-bond donors (Lipinski definition) is 2. The van der Waals surface area contributed by atoms with Gasteiger partial charge in [-0.15, -0.1) is 0 Å². The monoisotopic (exact) mass is 264 g/mol. The first kappa shape index (κ1) is 13.3. The van der Waals surface area contributed by atoms with Crippen molar-refractivity contribution in [1.29, 1.82) is 0 Å². The summed E-state index contributed by atoms with van der Waals surface area (Å²) in [5.74, 6) is 0.318. The summed E-state index contributed by atoms with van der Waals surface area (Å²) in [7, 11) is 0. The van der Waals surface area contributed by atoms with Crippen LogP contribution in [0.5, 0.6) is 0 Å². The highest BCUT2D eigenvalue weighted by Gasteiger charge is 2.42. The number of aliphatic hydroxyl groups excluding tert-OH is 2. The molecule has 19 heavy (non-hydrogen) atoms. The molecule has 1 saturated heterocycles. The number of aliphatic hydroxyl groups is 2. The van der Waals surface area contributed by atoms with E-state index in [1.165, 1.54) is 5.57 Å². The fraction of sp³-hybridized carbons (Fsp3) is 0.750. The first-order valence-electron chi connectivity index (χ1n) is 7.46. The third-order valence-electron chi connectivity index (χ3n) is 5.13. The molecular formula is C16H24O3. The lowest BCUT2D eigenvalue weighted by molar-refractivity contribution is -0.0480. The summed E-state index contributed by atoms with van der Waals surface area (Å²) in [4.78, 5) is 0. The first-order chi connectivity index (χ1) is 9.16. The van der Waals surface area contributed by atoms with E-state index in [1.54, 1.807) is 0 Å². The minimum absolute atomic E-state index is 0.00574. The van der Waals surface area contributed by atoms with Crippen molar-refractivity contribution in [1.82, 2.24) is 0 Å². The number of rotatable bonds is 0. The van der Waals surface area contributed by atoms with Crippen LogP contribution in [-0.2, 0) is 4.74 Å². The van der Waals surface area contributed by atoms with Crippen LogP contribution >= 0.6 is 0 Å². The molecule has 2 N–H and O–H groups in total. The molecule has 1 saturated carbocycles. The van der Waals surface area contributed by atoms with Gasteiger partial charge in [-0.05, 0) is 43.6 Å². The number of hydrogen-bond acceptors (Lipinski definition) is 3. The van der Waals surface area contributed by atoms with E-state index in [-0.39, 0.29) is 24.0 Å². The van der Waals surface area contributed by atoms with Gasteiger partial charge < -0.3 is 14.9 Å². The van der Waals surface area contributed by atoms with Gasteiger partial charge in [0, 0.05) is 11.8 Å². The molecule has 0 spiro atoms. The van der Waals surface area contributed by atoms with Crippen LogP contribution in [0.2, 0.25) is 0 Å². The maximum atomic E-state index is 10.8. The Balaban J connectivity index is 1.89. The zero-order chi connectivity index (χ0) is 13.4. The predicted octanol–water partition coefficient (Wildman–Crippen LogP) is 2.05. The van der Waals surface area contributed by atoms with Crippen LogP contribution in [0.25, 0.3) is 0 Å². The highest BCUT2D eigenvalue weighted by atomic mass is 16.5. The fourth-order valence-electron chi connectivity index (χ4n) is 4.02. The normalized spacial score (nSPS) is 43.6. The molecule has 3 heteroatoms. The van der Waals surface area contributed by atoms with E-state index in [2.05, 4.69) is 12.7 Å². The zero-order valence-corrected chi connectivity index (χ0v) is 11.4. The molecule has 0 amide bonds. The van der Waals surface area contributed by atoms with Crippen LogP contribution in [0.4, 0.5) is 0 Å². The maximum Gasteiger partial charge on any atom is 0.0677 e. The van der Waals surface area contributed by atoms with Gasteiger partial charge in [0.15, 0.2) is 0 Å². The third kappa shape index (κ3) is 2.51. The molecule has 2 aliphatic carbocycles. The van der Waals surface area contributed by atoms with Crippen molar-refractivity contribution in [2.24, 2.45) is 17.8 Å². The fourth-order valence-corrected chi connectivity index (χ4v) is 4.02. The second kappa shape index (κ2) is 5.39. The first-order valence-corrected chi connectivity index (χ1v) is 7.46. The molecule has 0 aromatic carbocycles. The minimum atomic E-state index is -0.377. The Morgan fingerprint density at radius 1 is 1.26 bits per heavy atom. The van der Waals surface area contributed by atoms with Gasteiger partial charge in [0.2, 0.25) is 0 Å². The van der Waals surface area contributed by atoms with Crippen LogP contribution in [0.15, 0.2) is 23.8 Å². The minimum Gasteiger partial charge on any atom is -0.393 e. The lowest BCUT2D eigenvalue weighted by atomic mass is 9.68. The number of allylic oxidation sites excluding steroid dienone is 1. The van der Waals surface area contributed by atoms with Gasteiger partial charge in [-0.2, -0.15) is 0 Å². The lowest BCUT2D eigenvalue weighted by Crippen LogP contribution is -2.44. The zero-order valence-electron chi connectivity index (χ0n) is 11.4. The van der Waals surface area contributed by atoms with Crippen molar-refractivity contribution >= 4 is 0 Å². The molecule has 5 atom stereocenters. The summed E-state index contributed by atoms with van der Waals surface area (Å²) < 4.78 is 5.80. The molecule has 1 unspecified atom stereocenters. The van der Waals surface area contributed by atoms with Crippen molar-refractivity contribution < 1.29 is 14.9 Å². The molecule has 106 valence electrons. The highest BCUT2D eigenvalue weighted by Crippen LogP contribution is 2.42. The predicted molar refractivity (Wildman–Crippen MR) is 73.6 cm³/mol. The maximum absolute atomic E-state index is 10.8. The third-order valence-corrected chi connectivity index (χ3v) is 5.13. The Morgan fingerprint density at radius 2 is 2.11 bits per heavy atom. The molecule has 0 aromatic rings. The summed E-state index contributed by atoms with van der Waals surface area (Å²) >= 11 is 0. The van der Waals surface area contributed by atoms with Crippen LogP contribution in [0.1, 0.15) is 32.1 Å². The Labute approximate surface area is 115 Å². The van der Waals surface area contributed by atoms with Crippen LogP contribution in [0.3, 0.4) is 0 Å². The molecule has 3 rings (SSSR count). The van der Waals surface area contributed by atoms with Crippen molar-refractivity contribution in [2.75, 3.05) is 13.2 Å². The summed E-state index contributed by atoms with van der Waals surface area (Å²) in [6, 6.07) is 0. The molecule has 1 aliphatic heterocycles. The molecule has 3 aliphatic rings. The van der Waals surface area contributed by atoms with E-state index in [0.29, 0.717) is 19.1 Å². The van der Waals surface area contributed by atoms with E-state index in [9.17, 15) is 10.2 Å². The summed E-state index contributed by atoms with van der Waals surface area (Å²) in [6.45, 7) is 5.34. The number of fused-ring (bicyclic) bond motifs is 3. The Hall–Kier alpha value is -0.640. The SMILES string of the molecule is C=C1CC[C@H](O)[C@@H]2COCC3=CCC[C@H](C3)C(O)[C@H]12. The van der Waals surface area contributed by atoms with Crippen molar-refractivity contribution in [2.45, 2.75) is 44.3 Å². The van der Waals surface area contributed by atoms with E-state index < -0.39 is 0 Å². The standard InChI is InChI=1S/C16H24O3/c1-10-5-6-14(17)13-9-19-8-11-3-2-4-12(7-11)16(18)15(10)13/h3,12-18H,1-2,4-9H2/t12-,13+,14+,15-,16?/m1/s1. The van der Waals surface area contributed by atoms with Gasteiger partial charge in [0.05, 0.1) is 25.4 Å². The Morgan fingerprint density at radius 3 is 2.95 bits per heavy atom. The van der Waals surface area contributed by atoms with E-state index >= 15 is 0 Å². The second-order valence-corrected chi connectivity index (χ2v) is 6.36. The second-order valence-electron chi connectivity index (χ2n) is 6.36. The smallest absolute Gasteiger partial charge is 0.0677 e. The van der Waals surface area contributed by atoms with Crippen molar-refractivity contribution in [3.63, 3.8) is 0 Å². The van der Waals surface area contributed by atoms with Gasteiger partial charge >= 0.3 is 0 Å². The van der Waals surface area contributed by atoms with E-state index in [0.717, 1.165) is 37.7 Å². The molecule has 0 aromatic heterocycles. The summed E-state index contributed by atoms with van der Waals surface area (Å²) in [5, 5.41) is 21.0. The average Bonchev–Trinajstić information content (AvgIpc) is 2.46. The van der Waals surface area contributed by atoms with Gasteiger partial charge in [-0.3, -0.25) is 0 Å². The van der Waals surface area contributed by atoms with Gasteiger partial charge in [-0.1, -0.05) is 18.2 Å². The van der Waals surface area contributed by atoms with Gasteiger partial charge in [0.25, 0.3) is 0 Å².